The second kappa shape index (κ2) is 5.90. The van der Waals surface area contributed by atoms with Gasteiger partial charge in [-0.15, -0.1) is 0 Å². The van der Waals surface area contributed by atoms with Crippen LogP contribution in [0, 0.1) is 16.0 Å². The van der Waals surface area contributed by atoms with Crippen molar-refractivity contribution in [3.05, 3.63) is 33.9 Å². The number of hydrogen-bond donors (Lipinski definition) is 0. The number of nitrogens with zero attached hydrogens (tertiary/aromatic N) is 2. The van der Waals surface area contributed by atoms with Crippen molar-refractivity contribution in [1.29, 1.82) is 0 Å². The van der Waals surface area contributed by atoms with Gasteiger partial charge in [-0.2, -0.15) is 0 Å². The highest BCUT2D eigenvalue weighted by atomic mass is 16.6. The molecule has 0 aromatic heterocycles. The summed E-state index contributed by atoms with van der Waals surface area (Å²) in [6.45, 7) is 0.769. The third-order valence-corrected chi connectivity index (χ3v) is 3.76. The molecule has 1 aliphatic rings. The molecule has 0 unspecified atom stereocenters. The van der Waals surface area contributed by atoms with Gasteiger partial charge in [0.1, 0.15) is 5.69 Å². The molecule has 0 amide bonds. The number of rotatable bonds is 5. The van der Waals surface area contributed by atoms with Gasteiger partial charge in [0.15, 0.2) is 0 Å². The molecular weight excluding hydrogens is 260 g/mol. The first-order valence-corrected chi connectivity index (χ1v) is 6.61. The molecule has 0 radical (unpaired) electrons. The van der Waals surface area contributed by atoms with E-state index >= 15 is 0 Å². The Bertz CT molecular complexity index is 526. The van der Waals surface area contributed by atoms with Gasteiger partial charge in [-0.05, 0) is 30.9 Å². The van der Waals surface area contributed by atoms with Crippen molar-refractivity contribution in [2.24, 2.45) is 5.92 Å². The van der Waals surface area contributed by atoms with E-state index in [1.54, 1.807) is 0 Å². The molecule has 0 bridgehead atoms. The van der Waals surface area contributed by atoms with Crippen molar-refractivity contribution < 1.29 is 14.5 Å². The molecule has 6 nitrogen and oxygen atoms in total. The monoisotopic (exact) mass is 278 g/mol. The van der Waals surface area contributed by atoms with Crippen molar-refractivity contribution in [3.63, 3.8) is 0 Å². The summed E-state index contributed by atoms with van der Waals surface area (Å²) in [6, 6.07) is 4.31. The van der Waals surface area contributed by atoms with Crippen LogP contribution in [0.2, 0.25) is 0 Å². The predicted octanol–water partition coefficient (Wildman–Crippen LogP) is 2.62. The lowest BCUT2D eigenvalue weighted by molar-refractivity contribution is -0.384. The van der Waals surface area contributed by atoms with Crippen LogP contribution in [0.3, 0.4) is 0 Å². The Hall–Kier alpha value is -2.11. The first kappa shape index (κ1) is 14.3. The molecule has 1 fully saturated rings. The summed E-state index contributed by atoms with van der Waals surface area (Å²) < 4.78 is 4.66. The number of carbonyl (C=O) groups is 1. The fourth-order valence-electron chi connectivity index (χ4n) is 2.39. The Labute approximate surface area is 117 Å². The lowest BCUT2D eigenvalue weighted by atomic mass is 9.85. The zero-order chi connectivity index (χ0) is 14.7. The van der Waals surface area contributed by atoms with Crippen molar-refractivity contribution in [1.82, 2.24) is 0 Å². The van der Waals surface area contributed by atoms with Gasteiger partial charge in [0, 0.05) is 19.7 Å². The van der Waals surface area contributed by atoms with Gasteiger partial charge in [-0.25, -0.2) is 4.79 Å². The predicted molar refractivity (Wildman–Crippen MR) is 75.0 cm³/mol. The van der Waals surface area contributed by atoms with Crippen LogP contribution in [0.5, 0.6) is 0 Å². The maximum absolute atomic E-state index is 11.5. The number of benzene rings is 1. The molecule has 0 aliphatic heterocycles. The lowest BCUT2D eigenvalue weighted by Crippen LogP contribution is -2.29. The molecule has 1 saturated carbocycles. The third-order valence-electron chi connectivity index (χ3n) is 3.76. The maximum Gasteiger partial charge on any atom is 0.337 e. The second-order valence-electron chi connectivity index (χ2n) is 5.13. The van der Waals surface area contributed by atoms with Crippen molar-refractivity contribution in [2.75, 3.05) is 25.6 Å². The van der Waals surface area contributed by atoms with Crippen LogP contribution in [0.4, 0.5) is 11.4 Å². The number of anilines is 1. The van der Waals surface area contributed by atoms with Gasteiger partial charge in [0.25, 0.3) is 5.69 Å². The van der Waals surface area contributed by atoms with Crippen LogP contribution < -0.4 is 4.90 Å². The molecule has 2 rings (SSSR count). The number of carbonyl (C=O) groups excluding carboxylic acids is 1. The van der Waals surface area contributed by atoms with Gasteiger partial charge in [-0.3, -0.25) is 10.1 Å². The van der Waals surface area contributed by atoms with E-state index in [9.17, 15) is 14.9 Å². The molecule has 108 valence electrons. The summed E-state index contributed by atoms with van der Waals surface area (Å²) >= 11 is 0. The van der Waals surface area contributed by atoms with Gasteiger partial charge in [0.2, 0.25) is 0 Å². The molecule has 1 aromatic rings. The van der Waals surface area contributed by atoms with Gasteiger partial charge in [0.05, 0.1) is 17.6 Å². The highest BCUT2D eigenvalue weighted by Gasteiger charge is 2.24. The number of ether oxygens (including phenoxy) is 1. The second-order valence-corrected chi connectivity index (χ2v) is 5.13. The zero-order valence-corrected chi connectivity index (χ0v) is 11.7. The Morgan fingerprint density at radius 3 is 2.70 bits per heavy atom. The van der Waals surface area contributed by atoms with Gasteiger partial charge < -0.3 is 9.64 Å². The molecule has 0 heterocycles. The highest BCUT2D eigenvalue weighted by Crippen LogP contribution is 2.33. The van der Waals surface area contributed by atoms with E-state index in [0.717, 1.165) is 19.4 Å². The molecule has 1 aromatic carbocycles. The van der Waals surface area contributed by atoms with Crippen LogP contribution in [0.1, 0.15) is 29.6 Å². The normalized spacial score (nSPS) is 14.5. The number of esters is 1. The van der Waals surface area contributed by atoms with E-state index in [0.29, 0.717) is 17.2 Å². The van der Waals surface area contributed by atoms with E-state index < -0.39 is 10.9 Å². The molecule has 0 spiro atoms. The van der Waals surface area contributed by atoms with Gasteiger partial charge >= 0.3 is 5.97 Å². The third kappa shape index (κ3) is 2.89. The molecule has 0 N–H and O–H groups in total. The van der Waals surface area contributed by atoms with E-state index in [2.05, 4.69) is 4.74 Å². The molecule has 0 atom stereocenters. The minimum Gasteiger partial charge on any atom is -0.465 e. The highest BCUT2D eigenvalue weighted by molar-refractivity contribution is 5.91. The molecule has 0 saturated heterocycles. The summed E-state index contributed by atoms with van der Waals surface area (Å²) in [6.07, 6.45) is 3.55. The fourth-order valence-corrected chi connectivity index (χ4v) is 2.39. The summed E-state index contributed by atoms with van der Waals surface area (Å²) in [5.41, 5.74) is 0.804. The SMILES string of the molecule is COC(=O)c1ccc([N+](=O)[O-])c(N(C)CC2CCC2)c1. The lowest BCUT2D eigenvalue weighted by Gasteiger charge is -2.31. The largest absolute Gasteiger partial charge is 0.465 e. The number of hydrogen-bond acceptors (Lipinski definition) is 5. The molecule has 1 aliphatic carbocycles. The Kier molecular flexibility index (Phi) is 4.22. The van der Waals surface area contributed by atoms with Crippen molar-refractivity contribution >= 4 is 17.3 Å². The quantitative estimate of drug-likeness (QED) is 0.470. The first-order chi connectivity index (χ1) is 9.52. The summed E-state index contributed by atoms with van der Waals surface area (Å²) in [5.74, 6) is 0.0968. The number of nitro groups is 1. The zero-order valence-electron chi connectivity index (χ0n) is 11.7. The minimum absolute atomic E-state index is 0.0134. The van der Waals surface area contributed by atoms with E-state index in [-0.39, 0.29) is 5.69 Å². The van der Waals surface area contributed by atoms with Crippen LogP contribution in [-0.4, -0.2) is 31.6 Å². The first-order valence-electron chi connectivity index (χ1n) is 6.61. The molecule has 20 heavy (non-hydrogen) atoms. The fraction of sp³-hybridized carbons (Fsp3) is 0.500. The topological polar surface area (TPSA) is 72.7 Å². The summed E-state index contributed by atoms with van der Waals surface area (Å²) in [7, 11) is 3.11. The van der Waals surface area contributed by atoms with Gasteiger partial charge in [-0.1, -0.05) is 6.42 Å². The average Bonchev–Trinajstić information content (AvgIpc) is 2.40. The number of methoxy groups -OCH3 is 1. The van der Waals surface area contributed by atoms with Crippen molar-refractivity contribution in [3.8, 4) is 0 Å². The summed E-state index contributed by atoms with van der Waals surface area (Å²) in [5, 5.41) is 11.1. The average molecular weight is 278 g/mol. The van der Waals surface area contributed by atoms with Crippen LogP contribution in [-0.2, 0) is 4.74 Å². The van der Waals surface area contributed by atoms with E-state index in [1.165, 1.54) is 31.7 Å². The van der Waals surface area contributed by atoms with Crippen LogP contribution in [0.15, 0.2) is 18.2 Å². The van der Waals surface area contributed by atoms with E-state index in [4.69, 9.17) is 0 Å². The van der Waals surface area contributed by atoms with Crippen molar-refractivity contribution in [2.45, 2.75) is 19.3 Å². The Balaban J connectivity index is 2.30. The summed E-state index contributed by atoms with van der Waals surface area (Å²) in [4.78, 5) is 24.1. The molecule has 6 heteroatoms. The maximum atomic E-state index is 11.5. The smallest absolute Gasteiger partial charge is 0.337 e. The molecular formula is C14H18N2O4. The van der Waals surface area contributed by atoms with Crippen LogP contribution >= 0.6 is 0 Å². The number of nitro benzene ring substituents is 1. The minimum atomic E-state index is -0.488. The standard InChI is InChI=1S/C14H18N2O4/c1-15(9-10-4-3-5-10)13-8-11(14(17)20-2)6-7-12(13)16(18)19/h6-8,10H,3-5,9H2,1-2H3. The van der Waals surface area contributed by atoms with E-state index in [1.807, 2.05) is 11.9 Å². The Morgan fingerprint density at radius 2 is 2.20 bits per heavy atom. The van der Waals surface area contributed by atoms with Crippen LogP contribution in [0.25, 0.3) is 0 Å². The Morgan fingerprint density at radius 1 is 1.50 bits per heavy atom.